The van der Waals surface area contributed by atoms with Gasteiger partial charge in [-0.1, -0.05) is 31.9 Å². The maximum atomic E-state index is 13.8. The zero-order valence-electron chi connectivity index (χ0n) is 14.1. The van der Waals surface area contributed by atoms with Crippen molar-refractivity contribution in [2.45, 2.75) is 32.6 Å². The van der Waals surface area contributed by atoms with E-state index in [1.54, 1.807) is 6.07 Å². The molecule has 1 aromatic rings. The number of hydrogen-bond acceptors (Lipinski definition) is 3. The molecule has 1 aromatic carbocycles. The molecule has 0 radical (unpaired) electrons. The smallest absolute Gasteiger partial charge is 0.221 e. The lowest BCUT2D eigenvalue weighted by Gasteiger charge is -2.36. The van der Waals surface area contributed by atoms with Crippen molar-refractivity contribution in [2.24, 2.45) is 0 Å². The molecule has 1 saturated heterocycles. The molecule has 0 bridgehead atoms. The molecule has 0 atom stereocenters. The fourth-order valence-corrected chi connectivity index (χ4v) is 2.87. The van der Waals surface area contributed by atoms with Gasteiger partial charge in [0.25, 0.3) is 0 Å². The van der Waals surface area contributed by atoms with Gasteiger partial charge in [0.05, 0.1) is 5.69 Å². The van der Waals surface area contributed by atoms with Crippen LogP contribution in [0.15, 0.2) is 24.3 Å². The Bertz CT molecular complexity index is 487. The van der Waals surface area contributed by atoms with Crippen molar-refractivity contribution in [3.63, 3.8) is 0 Å². The van der Waals surface area contributed by atoms with Gasteiger partial charge in [-0.2, -0.15) is 0 Å². The average Bonchev–Trinajstić information content (AvgIpc) is 2.58. The molecule has 0 aromatic heterocycles. The second-order valence-electron chi connectivity index (χ2n) is 6.09. The summed E-state index contributed by atoms with van der Waals surface area (Å²) in [6.45, 7) is 7.08. The minimum atomic E-state index is -0.160. The molecule has 1 amide bonds. The zero-order chi connectivity index (χ0) is 16.5. The molecule has 0 spiro atoms. The molecule has 1 aliphatic rings. The maximum absolute atomic E-state index is 13.8. The fourth-order valence-electron chi connectivity index (χ4n) is 2.87. The predicted molar refractivity (Wildman–Crippen MR) is 92.2 cm³/mol. The number of carbonyl (C=O) groups is 1. The van der Waals surface area contributed by atoms with Gasteiger partial charge in [0.15, 0.2) is 0 Å². The first-order valence-electron chi connectivity index (χ1n) is 8.69. The van der Waals surface area contributed by atoms with Gasteiger partial charge in [0, 0.05) is 45.7 Å². The molecule has 0 aliphatic carbocycles. The Kier molecular flexibility index (Phi) is 7.33. The van der Waals surface area contributed by atoms with E-state index in [9.17, 15) is 9.18 Å². The summed E-state index contributed by atoms with van der Waals surface area (Å²) in [4.78, 5) is 16.1. The summed E-state index contributed by atoms with van der Waals surface area (Å²) in [6.07, 6.45) is 3.94. The van der Waals surface area contributed by atoms with Crippen molar-refractivity contribution < 1.29 is 9.18 Å². The Morgan fingerprint density at radius 1 is 1.17 bits per heavy atom. The Balaban J connectivity index is 1.65. The van der Waals surface area contributed by atoms with E-state index in [-0.39, 0.29) is 11.7 Å². The van der Waals surface area contributed by atoms with E-state index in [0.717, 1.165) is 52.1 Å². The maximum Gasteiger partial charge on any atom is 0.221 e. The van der Waals surface area contributed by atoms with Crippen LogP contribution in [0.1, 0.15) is 32.6 Å². The number of nitrogens with zero attached hydrogens (tertiary/aromatic N) is 2. The van der Waals surface area contributed by atoms with E-state index < -0.39 is 0 Å². The first kappa shape index (κ1) is 17.7. The van der Waals surface area contributed by atoms with Gasteiger partial charge in [0.1, 0.15) is 5.82 Å². The van der Waals surface area contributed by atoms with E-state index in [4.69, 9.17) is 0 Å². The van der Waals surface area contributed by atoms with Crippen LogP contribution in [0.2, 0.25) is 0 Å². The minimum absolute atomic E-state index is 0.137. The number of nitrogens with one attached hydrogen (secondary N) is 1. The monoisotopic (exact) mass is 321 g/mol. The Labute approximate surface area is 138 Å². The third-order valence-corrected chi connectivity index (χ3v) is 4.32. The Morgan fingerprint density at radius 3 is 2.61 bits per heavy atom. The van der Waals surface area contributed by atoms with Crippen molar-refractivity contribution >= 4 is 11.6 Å². The van der Waals surface area contributed by atoms with Crippen LogP contribution in [-0.4, -0.2) is 50.1 Å². The number of rotatable bonds is 8. The number of hydrogen-bond donors (Lipinski definition) is 1. The van der Waals surface area contributed by atoms with Gasteiger partial charge in [-0.15, -0.1) is 0 Å². The van der Waals surface area contributed by atoms with E-state index in [2.05, 4.69) is 22.0 Å². The third kappa shape index (κ3) is 5.82. The van der Waals surface area contributed by atoms with Crippen molar-refractivity contribution in [1.82, 2.24) is 10.2 Å². The third-order valence-electron chi connectivity index (χ3n) is 4.32. The molecule has 23 heavy (non-hydrogen) atoms. The molecule has 2 rings (SSSR count). The molecule has 0 saturated carbocycles. The lowest BCUT2D eigenvalue weighted by atomic mass is 10.2. The highest BCUT2D eigenvalue weighted by Gasteiger charge is 2.19. The standard InChI is InChI=1S/C18H28FN3O/c1-2-3-6-10-20-18(23)9-11-21-12-14-22(15-13-21)17-8-5-4-7-16(17)19/h4-5,7-8H,2-3,6,9-15H2,1H3,(H,20,23). The molecule has 0 unspecified atom stereocenters. The van der Waals surface area contributed by atoms with Crippen molar-refractivity contribution in [2.75, 3.05) is 44.2 Å². The summed E-state index contributed by atoms with van der Waals surface area (Å²) in [5.41, 5.74) is 0.681. The van der Waals surface area contributed by atoms with Crippen molar-refractivity contribution in [3.05, 3.63) is 30.1 Å². The summed E-state index contributed by atoms with van der Waals surface area (Å²) in [5.74, 6) is -0.0231. The van der Waals surface area contributed by atoms with E-state index in [0.29, 0.717) is 12.1 Å². The van der Waals surface area contributed by atoms with Crippen molar-refractivity contribution in [1.29, 1.82) is 0 Å². The van der Waals surface area contributed by atoms with E-state index in [1.165, 1.54) is 12.5 Å². The van der Waals surface area contributed by atoms with Gasteiger partial charge in [0.2, 0.25) is 5.91 Å². The van der Waals surface area contributed by atoms with Crippen LogP contribution in [0.25, 0.3) is 0 Å². The normalized spacial score (nSPS) is 15.7. The Hall–Kier alpha value is -1.62. The average molecular weight is 321 g/mol. The summed E-state index contributed by atoms with van der Waals surface area (Å²) in [7, 11) is 0. The number of para-hydroxylation sites is 1. The van der Waals surface area contributed by atoms with Gasteiger partial charge < -0.3 is 10.2 Å². The number of benzene rings is 1. The molecule has 1 heterocycles. The van der Waals surface area contributed by atoms with Crippen LogP contribution in [0, 0.1) is 5.82 Å². The summed E-state index contributed by atoms with van der Waals surface area (Å²) in [5, 5.41) is 2.97. The quantitative estimate of drug-likeness (QED) is 0.748. The van der Waals surface area contributed by atoms with Crippen LogP contribution in [0.5, 0.6) is 0 Å². The first-order chi connectivity index (χ1) is 11.2. The number of unbranched alkanes of at least 4 members (excludes halogenated alkanes) is 2. The second-order valence-corrected chi connectivity index (χ2v) is 6.09. The van der Waals surface area contributed by atoms with Gasteiger partial charge in [-0.05, 0) is 18.6 Å². The summed E-state index contributed by atoms with van der Waals surface area (Å²) in [6, 6.07) is 6.92. The predicted octanol–water partition coefficient (Wildman–Crippen LogP) is 2.64. The number of anilines is 1. The zero-order valence-corrected chi connectivity index (χ0v) is 14.1. The van der Waals surface area contributed by atoms with Crippen LogP contribution in [0.4, 0.5) is 10.1 Å². The topological polar surface area (TPSA) is 35.6 Å². The van der Waals surface area contributed by atoms with Crippen LogP contribution >= 0.6 is 0 Å². The van der Waals surface area contributed by atoms with Gasteiger partial charge >= 0.3 is 0 Å². The molecule has 128 valence electrons. The summed E-state index contributed by atoms with van der Waals surface area (Å²) >= 11 is 0. The van der Waals surface area contributed by atoms with Crippen LogP contribution in [-0.2, 0) is 4.79 Å². The Morgan fingerprint density at radius 2 is 1.91 bits per heavy atom. The highest BCUT2D eigenvalue weighted by molar-refractivity contribution is 5.76. The van der Waals surface area contributed by atoms with Gasteiger partial charge in [-0.25, -0.2) is 4.39 Å². The number of carbonyl (C=O) groups excluding carboxylic acids is 1. The molecule has 1 fully saturated rings. The van der Waals surface area contributed by atoms with Crippen molar-refractivity contribution in [3.8, 4) is 0 Å². The largest absolute Gasteiger partial charge is 0.367 e. The summed E-state index contributed by atoms with van der Waals surface area (Å²) < 4.78 is 13.8. The van der Waals surface area contributed by atoms with Crippen LogP contribution in [0.3, 0.4) is 0 Å². The van der Waals surface area contributed by atoms with E-state index >= 15 is 0 Å². The number of piperazine rings is 1. The molecular formula is C18H28FN3O. The molecule has 5 heteroatoms. The number of amides is 1. The molecule has 1 aliphatic heterocycles. The fraction of sp³-hybridized carbons (Fsp3) is 0.611. The first-order valence-corrected chi connectivity index (χ1v) is 8.69. The second kappa shape index (κ2) is 9.50. The molecule has 4 nitrogen and oxygen atoms in total. The molecular weight excluding hydrogens is 293 g/mol. The highest BCUT2D eigenvalue weighted by atomic mass is 19.1. The SMILES string of the molecule is CCCCCNC(=O)CCN1CCN(c2ccccc2F)CC1. The van der Waals surface area contributed by atoms with E-state index in [1.807, 2.05) is 12.1 Å². The molecule has 1 N–H and O–H groups in total. The van der Waals surface area contributed by atoms with Gasteiger partial charge in [-0.3, -0.25) is 9.69 Å². The minimum Gasteiger partial charge on any atom is -0.367 e. The highest BCUT2D eigenvalue weighted by Crippen LogP contribution is 2.20. The lowest BCUT2D eigenvalue weighted by Crippen LogP contribution is -2.47. The van der Waals surface area contributed by atoms with Crippen LogP contribution < -0.4 is 10.2 Å². The lowest BCUT2D eigenvalue weighted by molar-refractivity contribution is -0.121. The number of halogens is 1.